The van der Waals surface area contributed by atoms with Gasteiger partial charge in [-0.15, -0.1) is 11.3 Å². The average Bonchev–Trinajstić information content (AvgIpc) is 3.02. The Labute approximate surface area is 116 Å². The molecule has 0 atom stereocenters. The van der Waals surface area contributed by atoms with E-state index in [2.05, 4.69) is 59.5 Å². The Morgan fingerprint density at radius 1 is 1.32 bits per heavy atom. The summed E-state index contributed by atoms with van der Waals surface area (Å²) >= 11 is 1.80. The second kappa shape index (κ2) is 5.15. The Kier molecular flexibility index (Phi) is 3.36. The van der Waals surface area contributed by atoms with Gasteiger partial charge in [0, 0.05) is 10.7 Å². The van der Waals surface area contributed by atoms with E-state index >= 15 is 0 Å². The largest absolute Gasteiger partial charge is 0.340 e. The van der Waals surface area contributed by atoms with E-state index in [1.54, 1.807) is 11.3 Å². The second-order valence-electron chi connectivity index (χ2n) is 4.93. The number of nitrogens with zero attached hydrogens (tertiary/aromatic N) is 1. The number of fused-ring (bicyclic) bond motifs is 1. The molecule has 1 aromatic carbocycles. The lowest BCUT2D eigenvalue weighted by Crippen LogP contribution is -2.22. The van der Waals surface area contributed by atoms with Crippen LogP contribution in [0.4, 0.5) is 0 Å². The van der Waals surface area contributed by atoms with Crippen molar-refractivity contribution in [3.63, 3.8) is 0 Å². The molecule has 0 aliphatic rings. The number of aromatic nitrogens is 2. The van der Waals surface area contributed by atoms with Crippen molar-refractivity contribution in [1.29, 1.82) is 0 Å². The van der Waals surface area contributed by atoms with Gasteiger partial charge < -0.3 is 10.3 Å². The van der Waals surface area contributed by atoms with Crippen LogP contribution < -0.4 is 5.32 Å². The maximum atomic E-state index is 4.42. The van der Waals surface area contributed by atoms with Crippen LogP contribution in [0.15, 0.2) is 36.5 Å². The lowest BCUT2D eigenvalue weighted by Gasteiger charge is -2.04. The number of benzene rings is 1. The fourth-order valence-electron chi connectivity index (χ4n) is 1.99. The third kappa shape index (κ3) is 2.69. The van der Waals surface area contributed by atoms with Crippen LogP contribution in [0.3, 0.4) is 0 Å². The third-order valence-corrected chi connectivity index (χ3v) is 4.15. The van der Waals surface area contributed by atoms with Gasteiger partial charge in [-0.25, -0.2) is 4.98 Å². The van der Waals surface area contributed by atoms with Crippen LogP contribution in [0.25, 0.3) is 20.7 Å². The number of aromatic amines is 1. The number of nitrogens with one attached hydrogen (secondary N) is 2. The normalized spacial score (nSPS) is 11.5. The first-order chi connectivity index (χ1) is 9.22. The highest BCUT2D eigenvalue weighted by molar-refractivity contribution is 7.22. The predicted octanol–water partition coefficient (Wildman–Crippen LogP) is 3.79. The van der Waals surface area contributed by atoms with Gasteiger partial charge in [0.05, 0.1) is 23.3 Å². The summed E-state index contributed by atoms with van der Waals surface area (Å²) in [6.07, 6.45) is 1.92. The van der Waals surface area contributed by atoms with Gasteiger partial charge in [-0.1, -0.05) is 32.0 Å². The Balaban J connectivity index is 1.85. The lowest BCUT2D eigenvalue weighted by molar-refractivity contribution is 0.575. The minimum Gasteiger partial charge on any atom is -0.340 e. The van der Waals surface area contributed by atoms with E-state index < -0.39 is 0 Å². The molecular formula is C15H17N3S. The summed E-state index contributed by atoms with van der Waals surface area (Å²) in [5, 5.41) is 4.65. The summed E-state index contributed by atoms with van der Waals surface area (Å²) in [5.74, 6) is 0.987. The highest BCUT2D eigenvalue weighted by atomic mass is 32.1. The summed E-state index contributed by atoms with van der Waals surface area (Å²) in [4.78, 5) is 9.05. The van der Waals surface area contributed by atoms with Crippen molar-refractivity contribution in [3.05, 3.63) is 42.4 Å². The first-order valence-electron chi connectivity index (χ1n) is 6.48. The van der Waals surface area contributed by atoms with Crippen molar-refractivity contribution in [1.82, 2.24) is 15.3 Å². The van der Waals surface area contributed by atoms with E-state index in [1.165, 1.54) is 15.0 Å². The molecule has 0 saturated heterocycles. The van der Waals surface area contributed by atoms with Gasteiger partial charge in [0.25, 0.3) is 0 Å². The van der Waals surface area contributed by atoms with E-state index in [0.717, 1.165) is 18.1 Å². The van der Waals surface area contributed by atoms with Gasteiger partial charge in [0.1, 0.15) is 5.82 Å². The molecule has 0 radical (unpaired) electrons. The number of imidazole rings is 1. The molecule has 0 aliphatic carbocycles. The number of H-pyrrole nitrogens is 1. The molecule has 0 fully saturated rings. The molecule has 98 valence electrons. The first kappa shape index (κ1) is 12.4. The Hall–Kier alpha value is -1.65. The first-order valence-corrected chi connectivity index (χ1v) is 7.30. The van der Waals surface area contributed by atoms with Crippen molar-refractivity contribution in [3.8, 4) is 10.6 Å². The predicted molar refractivity (Wildman–Crippen MR) is 81.4 cm³/mol. The van der Waals surface area contributed by atoms with E-state index in [1.807, 2.05) is 6.20 Å². The van der Waals surface area contributed by atoms with Gasteiger partial charge in [0.2, 0.25) is 0 Å². The van der Waals surface area contributed by atoms with E-state index in [0.29, 0.717) is 6.04 Å². The Morgan fingerprint density at radius 2 is 2.16 bits per heavy atom. The van der Waals surface area contributed by atoms with Gasteiger partial charge in [-0.2, -0.15) is 0 Å². The Bertz CT molecular complexity index is 648. The topological polar surface area (TPSA) is 40.7 Å². The maximum Gasteiger partial charge on any atom is 0.120 e. The molecule has 3 aromatic rings. The van der Waals surface area contributed by atoms with Crippen molar-refractivity contribution in [2.45, 2.75) is 26.4 Å². The molecule has 2 N–H and O–H groups in total. The Morgan fingerprint density at radius 3 is 2.95 bits per heavy atom. The molecule has 2 heterocycles. The molecule has 0 unspecified atom stereocenters. The zero-order valence-electron chi connectivity index (χ0n) is 11.1. The zero-order chi connectivity index (χ0) is 13.2. The third-order valence-electron chi connectivity index (χ3n) is 3.00. The van der Waals surface area contributed by atoms with Crippen LogP contribution in [0, 0.1) is 0 Å². The van der Waals surface area contributed by atoms with Crippen LogP contribution in [0.2, 0.25) is 0 Å². The van der Waals surface area contributed by atoms with Crippen molar-refractivity contribution < 1.29 is 0 Å². The van der Waals surface area contributed by atoms with Gasteiger partial charge in [-0.3, -0.25) is 0 Å². The number of thiophene rings is 1. The van der Waals surface area contributed by atoms with E-state index in [-0.39, 0.29) is 0 Å². The van der Waals surface area contributed by atoms with Crippen molar-refractivity contribution in [2.75, 3.05) is 0 Å². The van der Waals surface area contributed by atoms with Crippen LogP contribution in [-0.4, -0.2) is 16.0 Å². The van der Waals surface area contributed by atoms with Gasteiger partial charge in [-0.05, 0) is 17.5 Å². The van der Waals surface area contributed by atoms with Crippen molar-refractivity contribution in [2.24, 2.45) is 0 Å². The van der Waals surface area contributed by atoms with Crippen LogP contribution in [-0.2, 0) is 6.54 Å². The molecule has 0 aliphatic heterocycles. The summed E-state index contributed by atoms with van der Waals surface area (Å²) in [6, 6.07) is 11.1. The number of hydrogen-bond acceptors (Lipinski definition) is 3. The van der Waals surface area contributed by atoms with E-state index in [9.17, 15) is 0 Å². The molecule has 19 heavy (non-hydrogen) atoms. The molecule has 3 rings (SSSR count). The van der Waals surface area contributed by atoms with Crippen LogP contribution >= 0.6 is 11.3 Å². The molecule has 2 aromatic heterocycles. The number of hydrogen-bond donors (Lipinski definition) is 2. The van der Waals surface area contributed by atoms with Gasteiger partial charge >= 0.3 is 0 Å². The highest BCUT2D eigenvalue weighted by Crippen LogP contribution is 2.32. The fraction of sp³-hybridized carbons (Fsp3) is 0.267. The minimum atomic E-state index is 0.470. The van der Waals surface area contributed by atoms with Gasteiger partial charge in [0.15, 0.2) is 0 Å². The van der Waals surface area contributed by atoms with Crippen LogP contribution in [0.1, 0.15) is 19.7 Å². The average molecular weight is 271 g/mol. The van der Waals surface area contributed by atoms with E-state index in [4.69, 9.17) is 0 Å². The minimum absolute atomic E-state index is 0.470. The molecular weight excluding hydrogens is 254 g/mol. The summed E-state index contributed by atoms with van der Waals surface area (Å²) in [7, 11) is 0. The monoisotopic (exact) mass is 271 g/mol. The quantitative estimate of drug-likeness (QED) is 0.758. The fourth-order valence-corrected chi connectivity index (χ4v) is 3.02. The summed E-state index contributed by atoms with van der Waals surface area (Å²) in [6.45, 7) is 5.05. The standard InChI is InChI=1S/C15H17N3S/c1-10(2)16-9-15-17-8-12(18-15)14-7-11-5-3-4-6-13(11)19-14/h3-8,10,16H,9H2,1-2H3,(H,17,18). The summed E-state index contributed by atoms with van der Waals surface area (Å²) in [5.41, 5.74) is 1.10. The molecule has 0 amide bonds. The second-order valence-corrected chi connectivity index (χ2v) is 6.01. The highest BCUT2D eigenvalue weighted by Gasteiger charge is 2.07. The maximum absolute atomic E-state index is 4.42. The molecule has 0 spiro atoms. The smallest absolute Gasteiger partial charge is 0.120 e. The summed E-state index contributed by atoms with van der Waals surface area (Å²) < 4.78 is 1.31. The van der Waals surface area contributed by atoms with Crippen molar-refractivity contribution >= 4 is 21.4 Å². The SMILES string of the molecule is CC(C)NCc1ncc(-c2cc3ccccc3s2)[nH]1. The molecule has 0 saturated carbocycles. The molecule has 4 heteroatoms. The molecule has 0 bridgehead atoms. The zero-order valence-corrected chi connectivity index (χ0v) is 11.9. The molecule has 3 nitrogen and oxygen atoms in total. The lowest BCUT2D eigenvalue weighted by atomic mass is 10.2. The number of rotatable bonds is 4. The van der Waals surface area contributed by atoms with Crippen LogP contribution in [0.5, 0.6) is 0 Å².